The second-order valence-corrected chi connectivity index (χ2v) is 5.88. The van der Waals surface area contributed by atoms with E-state index in [0.717, 1.165) is 9.47 Å². The highest BCUT2D eigenvalue weighted by Crippen LogP contribution is 2.32. The second-order valence-electron chi connectivity index (χ2n) is 5.88. The van der Waals surface area contributed by atoms with E-state index in [4.69, 9.17) is 0 Å². The van der Waals surface area contributed by atoms with Crippen LogP contribution in [-0.2, 0) is 23.7 Å². The van der Waals surface area contributed by atoms with Crippen LogP contribution in [0.3, 0.4) is 0 Å². The Kier molecular flexibility index (Phi) is 3.07. The number of imide groups is 1. The van der Waals surface area contributed by atoms with Gasteiger partial charge in [0.15, 0.2) is 0 Å². The molecule has 1 fully saturated rings. The average molecular weight is 319 g/mol. The number of carbonyl (C=O) groups is 2. The number of fused-ring (bicyclic) bond motifs is 1. The van der Waals surface area contributed by atoms with Crippen molar-refractivity contribution in [1.82, 2.24) is 19.0 Å². The van der Waals surface area contributed by atoms with E-state index in [9.17, 15) is 19.2 Å². The molecule has 0 aliphatic carbocycles. The molecule has 2 aliphatic rings. The van der Waals surface area contributed by atoms with Crippen LogP contribution in [0.15, 0.2) is 14.7 Å². The molecule has 0 N–H and O–H groups in total. The first-order valence-electron chi connectivity index (χ1n) is 7.08. The molecule has 1 aromatic rings. The molecule has 0 saturated carbocycles. The summed E-state index contributed by atoms with van der Waals surface area (Å²) in [6.45, 7) is 1.62. The lowest BCUT2D eigenvalue weighted by atomic mass is 9.92. The SMILES string of the molecule is Cc1c(C2=NN(C)[C@@H]3C(=O)N(C)C(=O)[C@H]23)c(=O)n(C)c(=O)n1C. The summed E-state index contributed by atoms with van der Waals surface area (Å²) in [6.07, 6.45) is 0. The van der Waals surface area contributed by atoms with Gasteiger partial charge in [-0.15, -0.1) is 0 Å². The van der Waals surface area contributed by atoms with Crippen LogP contribution >= 0.6 is 0 Å². The van der Waals surface area contributed by atoms with Gasteiger partial charge in [-0.1, -0.05) is 0 Å². The van der Waals surface area contributed by atoms with Gasteiger partial charge in [0, 0.05) is 33.9 Å². The molecule has 2 amide bonds. The zero-order chi connectivity index (χ0) is 17.2. The Balaban J connectivity index is 2.28. The van der Waals surface area contributed by atoms with Crippen LogP contribution in [0.1, 0.15) is 11.3 Å². The number of likely N-dealkylation sites (N-methyl/N-ethyl adjacent to an activating group) is 2. The summed E-state index contributed by atoms with van der Waals surface area (Å²) in [5.74, 6) is -1.56. The summed E-state index contributed by atoms with van der Waals surface area (Å²) in [4.78, 5) is 50.2. The van der Waals surface area contributed by atoms with E-state index in [1.54, 1.807) is 21.0 Å². The Morgan fingerprint density at radius 2 is 1.52 bits per heavy atom. The highest BCUT2D eigenvalue weighted by atomic mass is 16.2. The molecule has 0 radical (unpaired) electrons. The van der Waals surface area contributed by atoms with E-state index in [1.165, 1.54) is 23.7 Å². The minimum atomic E-state index is -0.818. The monoisotopic (exact) mass is 319 g/mol. The van der Waals surface area contributed by atoms with Gasteiger partial charge in [0.1, 0.15) is 12.0 Å². The van der Waals surface area contributed by atoms with Gasteiger partial charge in [0.2, 0.25) is 5.91 Å². The third-order valence-corrected chi connectivity index (χ3v) is 4.67. The number of carbonyl (C=O) groups excluding carboxylic acids is 2. The second kappa shape index (κ2) is 4.64. The summed E-state index contributed by atoms with van der Waals surface area (Å²) >= 11 is 0. The van der Waals surface area contributed by atoms with E-state index in [1.807, 2.05) is 0 Å². The smallest absolute Gasteiger partial charge is 0.300 e. The summed E-state index contributed by atoms with van der Waals surface area (Å²) in [5, 5.41) is 5.68. The molecule has 122 valence electrons. The fraction of sp³-hybridized carbons (Fsp3) is 0.500. The number of hydrogen-bond donors (Lipinski definition) is 0. The zero-order valence-electron chi connectivity index (χ0n) is 13.5. The minimum absolute atomic E-state index is 0.199. The maximum Gasteiger partial charge on any atom is 0.330 e. The standard InChI is InChI=1S/C14H17N5O4/c1-6-7(11(20)18(4)14(23)16(6)2)9-8-10(19(5)15-9)13(22)17(3)12(8)21/h8,10H,1-5H3/t8-,10+/m1/s1. The van der Waals surface area contributed by atoms with Crippen LogP contribution in [0, 0.1) is 12.8 Å². The highest BCUT2D eigenvalue weighted by molar-refractivity contribution is 6.23. The number of hydrogen-bond acceptors (Lipinski definition) is 6. The molecule has 9 nitrogen and oxygen atoms in total. The van der Waals surface area contributed by atoms with Crippen LogP contribution in [0.4, 0.5) is 0 Å². The van der Waals surface area contributed by atoms with Crippen molar-refractivity contribution in [2.24, 2.45) is 25.1 Å². The number of rotatable bonds is 1. The van der Waals surface area contributed by atoms with E-state index in [-0.39, 0.29) is 17.2 Å². The number of likely N-dealkylation sites (tertiary alicyclic amines) is 1. The molecule has 1 aromatic heterocycles. The van der Waals surface area contributed by atoms with Crippen molar-refractivity contribution >= 4 is 17.5 Å². The number of aromatic nitrogens is 2. The van der Waals surface area contributed by atoms with Crippen LogP contribution < -0.4 is 11.2 Å². The van der Waals surface area contributed by atoms with E-state index < -0.39 is 29.1 Å². The predicted molar refractivity (Wildman–Crippen MR) is 81.0 cm³/mol. The van der Waals surface area contributed by atoms with Crippen molar-refractivity contribution in [3.05, 3.63) is 32.1 Å². The van der Waals surface area contributed by atoms with Crippen molar-refractivity contribution in [2.45, 2.75) is 13.0 Å². The van der Waals surface area contributed by atoms with Gasteiger partial charge >= 0.3 is 5.69 Å². The van der Waals surface area contributed by atoms with Gasteiger partial charge in [-0.25, -0.2) is 4.79 Å². The van der Waals surface area contributed by atoms with Crippen molar-refractivity contribution < 1.29 is 9.59 Å². The van der Waals surface area contributed by atoms with Gasteiger partial charge in [0.25, 0.3) is 11.5 Å². The molecule has 0 unspecified atom stereocenters. The van der Waals surface area contributed by atoms with E-state index in [0.29, 0.717) is 5.69 Å². The van der Waals surface area contributed by atoms with Crippen molar-refractivity contribution in [3.63, 3.8) is 0 Å². The fourth-order valence-corrected chi connectivity index (χ4v) is 3.18. The minimum Gasteiger partial charge on any atom is -0.300 e. The van der Waals surface area contributed by atoms with Crippen molar-refractivity contribution in [3.8, 4) is 0 Å². The largest absolute Gasteiger partial charge is 0.330 e. The Morgan fingerprint density at radius 3 is 2.13 bits per heavy atom. The molecular weight excluding hydrogens is 302 g/mol. The normalized spacial score (nSPS) is 23.6. The van der Waals surface area contributed by atoms with Gasteiger partial charge in [-0.2, -0.15) is 5.10 Å². The van der Waals surface area contributed by atoms with E-state index in [2.05, 4.69) is 5.10 Å². The lowest BCUT2D eigenvalue weighted by molar-refractivity contribution is -0.138. The highest BCUT2D eigenvalue weighted by Gasteiger charge is 2.55. The number of nitrogens with zero attached hydrogens (tertiary/aromatic N) is 5. The van der Waals surface area contributed by atoms with Gasteiger partial charge < -0.3 is 4.57 Å². The molecule has 3 rings (SSSR count). The average Bonchev–Trinajstić information content (AvgIpc) is 2.96. The first-order chi connectivity index (χ1) is 10.7. The van der Waals surface area contributed by atoms with Crippen LogP contribution in [0.25, 0.3) is 0 Å². The Hall–Kier alpha value is -2.71. The third kappa shape index (κ3) is 1.76. The van der Waals surface area contributed by atoms with Gasteiger partial charge in [-0.05, 0) is 6.92 Å². The maximum absolute atomic E-state index is 12.6. The summed E-state index contributed by atoms with van der Waals surface area (Å²) < 4.78 is 2.31. The number of amides is 2. The van der Waals surface area contributed by atoms with Gasteiger partial charge in [-0.3, -0.25) is 28.9 Å². The first kappa shape index (κ1) is 15.2. The van der Waals surface area contributed by atoms with Crippen LogP contribution in [0.5, 0.6) is 0 Å². The topological polar surface area (TPSA) is 97.0 Å². The summed E-state index contributed by atoms with van der Waals surface area (Å²) in [6, 6.07) is -0.733. The third-order valence-electron chi connectivity index (χ3n) is 4.67. The Bertz CT molecular complexity index is 894. The Labute approximate surface area is 131 Å². The lowest BCUT2D eigenvalue weighted by Gasteiger charge is -2.14. The Morgan fingerprint density at radius 1 is 0.913 bits per heavy atom. The fourth-order valence-electron chi connectivity index (χ4n) is 3.18. The molecule has 3 heterocycles. The quantitative estimate of drug-likeness (QED) is 0.559. The van der Waals surface area contributed by atoms with Crippen LogP contribution in [0.2, 0.25) is 0 Å². The molecule has 0 bridgehead atoms. The zero-order valence-corrected chi connectivity index (χ0v) is 13.5. The summed E-state index contributed by atoms with van der Waals surface area (Å²) in [7, 11) is 5.93. The molecule has 2 atom stereocenters. The maximum atomic E-state index is 12.6. The molecule has 0 spiro atoms. The van der Waals surface area contributed by atoms with Crippen molar-refractivity contribution in [1.29, 1.82) is 0 Å². The molecule has 0 aromatic carbocycles. The lowest BCUT2D eigenvalue weighted by Crippen LogP contribution is -2.43. The molecule has 2 aliphatic heterocycles. The predicted octanol–water partition coefficient (Wildman–Crippen LogP) is -1.97. The molecule has 23 heavy (non-hydrogen) atoms. The van der Waals surface area contributed by atoms with Crippen molar-refractivity contribution in [2.75, 3.05) is 14.1 Å². The molecule has 9 heteroatoms. The molecule has 1 saturated heterocycles. The molecular formula is C14H17N5O4. The van der Waals surface area contributed by atoms with E-state index >= 15 is 0 Å². The van der Waals surface area contributed by atoms with Crippen LogP contribution in [-0.4, -0.2) is 56.7 Å². The number of hydrazone groups is 1. The van der Waals surface area contributed by atoms with Gasteiger partial charge in [0.05, 0.1) is 11.3 Å². The first-order valence-corrected chi connectivity index (χ1v) is 7.08. The summed E-state index contributed by atoms with van der Waals surface area (Å²) in [5.41, 5.74) is -0.112.